The van der Waals surface area contributed by atoms with Crippen LogP contribution in [0, 0.1) is 0 Å². The molecule has 3 amide bonds. The van der Waals surface area contributed by atoms with Gasteiger partial charge in [-0.15, -0.1) is 0 Å². The third kappa shape index (κ3) is 5.19. The molecule has 0 unspecified atom stereocenters. The van der Waals surface area contributed by atoms with Gasteiger partial charge in [0.2, 0.25) is 11.9 Å². The topological polar surface area (TPSA) is 97.7 Å². The standard InChI is InChI=1S/C24H29N5O4/c1-32-18-14-17(15-19(16-18)33-2)26-22(30)10-4-3-7-11-25-24(31)29-13-12-28-21-9-6-5-8-20(21)27-23(28)29/h5-6,8-9,14-16H,3-4,7,10-13H2,1-2H3,(H,25,31)(H,26,30). The molecule has 33 heavy (non-hydrogen) atoms. The van der Waals surface area contributed by atoms with Gasteiger partial charge in [-0.3, -0.25) is 9.69 Å². The first-order valence-electron chi connectivity index (χ1n) is 11.1. The van der Waals surface area contributed by atoms with Crippen molar-refractivity contribution in [3.63, 3.8) is 0 Å². The van der Waals surface area contributed by atoms with E-state index in [1.165, 1.54) is 0 Å². The largest absolute Gasteiger partial charge is 0.497 e. The quantitative estimate of drug-likeness (QED) is 0.483. The van der Waals surface area contributed by atoms with Crippen molar-refractivity contribution in [2.24, 2.45) is 0 Å². The highest BCUT2D eigenvalue weighted by Gasteiger charge is 2.27. The highest BCUT2D eigenvalue weighted by atomic mass is 16.5. The monoisotopic (exact) mass is 451 g/mol. The molecule has 2 heterocycles. The Morgan fingerprint density at radius 2 is 1.76 bits per heavy atom. The molecule has 0 atom stereocenters. The highest BCUT2D eigenvalue weighted by Crippen LogP contribution is 2.27. The number of carbonyl (C=O) groups excluding carboxylic acids is 2. The van der Waals surface area contributed by atoms with E-state index in [-0.39, 0.29) is 11.9 Å². The number of urea groups is 1. The number of imidazole rings is 1. The average molecular weight is 452 g/mol. The van der Waals surface area contributed by atoms with Gasteiger partial charge in [-0.2, -0.15) is 0 Å². The molecule has 0 bridgehead atoms. The lowest BCUT2D eigenvalue weighted by molar-refractivity contribution is -0.116. The van der Waals surface area contributed by atoms with E-state index in [1.807, 2.05) is 24.3 Å². The number of unbranched alkanes of at least 4 members (excludes halogenated alkanes) is 2. The van der Waals surface area contributed by atoms with Gasteiger partial charge in [0.15, 0.2) is 0 Å². The number of aromatic nitrogens is 2. The molecule has 1 aliphatic rings. The summed E-state index contributed by atoms with van der Waals surface area (Å²) in [5.74, 6) is 1.87. The van der Waals surface area contributed by atoms with Gasteiger partial charge >= 0.3 is 6.03 Å². The number of methoxy groups -OCH3 is 2. The van der Waals surface area contributed by atoms with Crippen molar-refractivity contribution in [1.82, 2.24) is 14.9 Å². The van der Waals surface area contributed by atoms with Crippen LogP contribution in [0.1, 0.15) is 25.7 Å². The highest BCUT2D eigenvalue weighted by molar-refractivity contribution is 5.93. The lowest BCUT2D eigenvalue weighted by Crippen LogP contribution is -2.39. The maximum Gasteiger partial charge on any atom is 0.324 e. The summed E-state index contributed by atoms with van der Waals surface area (Å²) < 4.78 is 12.5. The predicted octanol–water partition coefficient (Wildman–Crippen LogP) is 3.78. The number of fused-ring (bicyclic) bond motifs is 3. The van der Waals surface area contributed by atoms with E-state index in [4.69, 9.17) is 9.47 Å². The van der Waals surface area contributed by atoms with Crippen LogP contribution in [-0.4, -0.2) is 48.8 Å². The SMILES string of the molecule is COc1cc(NC(=O)CCCCCNC(=O)N2CCn3c2nc2ccccc23)cc(OC)c1. The molecule has 2 N–H and O–H groups in total. The van der Waals surface area contributed by atoms with Gasteiger partial charge in [-0.25, -0.2) is 9.78 Å². The van der Waals surface area contributed by atoms with Crippen LogP contribution in [0.4, 0.5) is 16.4 Å². The Morgan fingerprint density at radius 3 is 2.52 bits per heavy atom. The molecule has 2 aromatic carbocycles. The number of benzene rings is 2. The molecule has 9 nitrogen and oxygen atoms in total. The van der Waals surface area contributed by atoms with Gasteiger partial charge in [-0.1, -0.05) is 18.6 Å². The van der Waals surface area contributed by atoms with Crippen LogP contribution in [0.2, 0.25) is 0 Å². The van der Waals surface area contributed by atoms with E-state index >= 15 is 0 Å². The predicted molar refractivity (Wildman–Crippen MR) is 127 cm³/mol. The van der Waals surface area contributed by atoms with Crippen molar-refractivity contribution in [3.05, 3.63) is 42.5 Å². The summed E-state index contributed by atoms with van der Waals surface area (Å²) in [4.78, 5) is 31.1. The molecular formula is C24H29N5O4. The molecule has 0 fully saturated rings. The van der Waals surface area contributed by atoms with Crippen molar-refractivity contribution in [1.29, 1.82) is 0 Å². The summed E-state index contributed by atoms with van der Waals surface area (Å²) in [6.07, 6.45) is 2.79. The van der Waals surface area contributed by atoms with Crippen molar-refractivity contribution >= 4 is 34.6 Å². The lowest BCUT2D eigenvalue weighted by Gasteiger charge is -2.15. The number of nitrogens with one attached hydrogen (secondary N) is 2. The molecule has 3 aromatic rings. The second-order valence-corrected chi connectivity index (χ2v) is 7.90. The number of hydrogen-bond acceptors (Lipinski definition) is 5. The molecule has 1 aromatic heterocycles. The molecule has 0 aliphatic carbocycles. The van der Waals surface area contributed by atoms with E-state index in [0.29, 0.717) is 42.6 Å². The fourth-order valence-corrected chi connectivity index (χ4v) is 3.96. The maximum atomic E-state index is 12.6. The molecule has 174 valence electrons. The first kappa shape index (κ1) is 22.4. The molecule has 0 saturated carbocycles. The Morgan fingerprint density at radius 1 is 1.00 bits per heavy atom. The van der Waals surface area contributed by atoms with Gasteiger partial charge < -0.3 is 24.7 Å². The minimum Gasteiger partial charge on any atom is -0.497 e. The fraction of sp³-hybridized carbons (Fsp3) is 0.375. The van der Waals surface area contributed by atoms with Gasteiger partial charge in [0.1, 0.15) is 11.5 Å². The summed E-state index contributed by atoms with van der Waals surface area (Å²) in [6.45, 7) is 1.93. The van der Waals surface area contributed by atoms with Crippen LogP contribution >= 0.6 is 0 Å². The zero-order valence-corrected chi connectivity index (χ0v) is 19.0. The van der Waals surface area contributed by atoms with Crippen LogP contribution in [0.15, 0.2) is 42.5 Å². The minimum absolute atomic E-state index is 0.0645. The van der Waals surface area contributed by atoms with E-state index < -0.39 is 0 Å². The first-order chi connectivity index (χ1) is 16.1. The van der Waals surface area contributed by atoms with Crippen molar-refractivity contribution in [2.75, 3.05) is 37.5 Å². The van der Waals surface area contributed by atoms with Gasteiger partial charge in [0, 0.05) is 49.9 Å². The van der Waals surface area contributed by atoms with Crippen LogP contribution in [0.3, 0.4) is 0 Å². The van der Waals surface area contributed by atoms with Crippen molar-refractivity contribution < 1.29 is 19.1 Å². The minimum atomic E-state index is -0.131. The summed E-state index contributed by atoms with van der Waals surface area (Å²) in [6, 6.07) is 13.0. The molecule has 1 aliphatic heterocycles. The summed E-state index contributed by atoms with van der Waals surface area (Å²) in [5, 5.41) is 5.84. The number of rotatable bonds is 9. The fourth-order valence-electron chi connectivity index (χ4n) is 3.96. The Balaban J connectivity index is 1.17. The van der Waals surface area contributed by atoms with Gasteiger partial charge in [0.05, 0.1) is 25.3 Å². The first-order valence-corrected chi connectivity index (χ1v) is 11.1. The van der Waals surface area contributed by atoms with Crippen molar-refractivity contribution in [3.8, 4) is 11.5 Å². The maximum absolute atomic E-state index is 12.6. The van der Waals surface area contributed by atoms with Crippen molar-refractivity contribution in [2.45, 2.75) is 32.2 Å². The number of anilines is 2. The third-order valence-electron chi connectivity index (χ3n) is 5.66. The summed E-state index contributed by atoms with van der Waals surface area (Å²) in [5.41, 5.74) is 2.59. The van der Waals surface area contributed by atoms with Gasteiger partial charge in [0.25, 0.3) is 0 Å². The Bertz CT molecular complexity index is 1120. The summed E-state index contributed by atoms with van der Waals surface area (Å²) >= 11 is 0. The van der Waals surface area contributed by atoms with E-state index in [1.54, 1.807) is 37.3 Å². The third-order valence-corrected chi connectivity index (χ3v) is 5.66. The molecule has 9 heteroatoms. The van der Waals surface area contributed by atoms with Crippen LogP contribution in [-0.2, 0) is 11.3 Å². The Labute approximate surface area is 192 Å². The average Bonchev–Trinajstić information content (AvgIpc) is 3.40. The molecular weight excluding hydrogens is 422 g/mol. The summed E-state index contributed by atoms with van der Waals surface area (Å²) in [7, 11) is 3.14. The molecule has 0 radical (unpaired) electrons. The molecule has 0 spiro atoms. The number of para-hydroxylation sites is 2. The van der Waals surface area contributed by atoms with Crippen LogP contribution in [0.25, 0.3) is 11.0 Å². The molecule has 0 saturated heterocycles. The number of nitrogens with zero attached hydrogens (tertiary/aromatic N) is 3. The normalized spacial score (nSPS) is 12.5. The number of carbonyl (C=O) groups is 2. The number of amides is 3. The number of ether oxygens (including phenoxy) is 2. The zero-order valence-electron chi connectivity index (χ0n) is 19.0. The van der Waals surface area contributed by atoms with Gasteiger partial charge in [-0.05, 0) is 25.0 Å². The van der Waals surface area contributed by atoms with E-state index in [0.717, 1.165) is 36.8 Å². The lowest BCUT2D eigenvalue weighted by atomic mass is 10.2. The second kappa shape index (κ2) is 10.2. The Kier molecular flexibility index (Phi) is 6.97. The van der Waals surface area contributed by atoms with Crippen LogP contribution < -0.4 is 25.0 Å². The van der Waals surface area contributed by atoms with E-state index in [9.17, 15) is 9.59 Å². The van der Waals surface area contributed by atoms with Crippen LogP contribution in [0.5, 0.6) is 11.5 Å². The van der Waals surface area contributed by atoms with E-state index in [2.05, 4.69) is 20.2 Å². The number of hydrogen-bond donors (Lipinski definition) is 2. The zero-order chi connectivity index (χ0) is 23.2. The smallest absolute Gasteiger partial charge is 0.324 e. The Hall–Kier alpha value is -3.75. The molecule has 4 rings (SSSR count). The second-order valence-electron chi connectivity index (χ2n) is 7.90.